The summed E-state index contributed by atoms with van der Waals surface area (Å²) in [5, 5.41) is 3.73. The van der Waals surface area contributed by atoms with Crippen LogP contribution in [0.5, 0.6) is 0 Å². The summed E-state index contributed by atoms with van der Waals surface area (Å²) in [6.07, 6.45) is 0. The molecule has 3 aromatic carbocycles. The number of nitrogens with zero attached hydrogens (tertiary/aromatic N) is 2. The van der Waals surface area contributed by atoms with Crippen molar-refractivity contribution in [3.05, 3.63) is 101 Å². The maximum atomic E-state index is 13.3. The van der Waals surface area contributed by atoms with E-state index in [2.05, 4.69) is 10.3 Å². The van der Waals surface area contributed by atoms with Gasteiger partial charge in [-0.2, -0.15) is 0 Å². The normalized spacial score (nSPS) is 12.9. The fourth-order valence-electron chi connectivity index (χ4n) is 3.87. The van der Waals surface area contributed by atoms with E-state index in [-0.39, 0.29) is 11.3 Å². The molecule has 6 nitrogen and oxygen atoms in total. The lowest BCUT2D eigenvalue weighted by Crippen LogP contribution is -2.31. The van der Waals surface area contributed by atoms with Crippen molar-refractivity contribution in [1.29, 1.82) is 0 Å². The summed E-state index contributed by atoms with van der Waals surface area (Å²) in [5.74, 6) is -1.29. The van der Waals surface area contributed by atoms with Crippen molar-refractivity contribution in [2.24, 2.45) is 0 Å². The lowest BCUT2D eigenvalue weighted by atomic mass is 10.1. The molecule has 0 fully saturated rings. The molecule has 6 heteroatoms. The van der Waals surface area contributed by atoms with Gasteiger partial charge >= 0.3 is 0 Å². The fraction of sp³-hybridized carbons (Fsp3) is 0.0400. The van der Waals surface area contributed by atoms with Crippen LogP contribution in [0.3, 0.4) is 0 Å². The molecular weight excluding hydrogens is 390 g/mol. The Hall–Kier alpha value is -4.32. The number of rotatable bonds is 3. The molecule has 1 aliphatic rings. The Morgan fingerprint density at radius 3 is 2.19 bits per heavy atom. The van der Waals surface area contributed by atoms with E-state index in [9.17, 15) is 14.4 Å². The highest BCUT2D eigenvalue weighted by molar-refractivity contribution is 6.35. The van der Waals surface area contributed by atoms with Gasteiger partial charge in [0, 0.05) is 11.1 Å². The van der Waals surface area contributed by atoms with Crippen LogP contribution < -0.4 is 10.2 Å². The predicted octanol–water partition coefficient (Wildman–Crippen LogP) is 4.60. The van der Waals surface area contributed by atoms with Gasteiger partial charge in [0.2, 0.25) is 0 Å². The molecule has 31 heavy (non-hydrogen) atoms. The molecule has 4 aromatic rings. The second-order valence-electron chi connectivity index (χ2n) is 7.29. The number of carbonyl (C=O) groups is 3. The number of imide groups is 1. The average Bonchev–Trinajstić information content (AvgIpc) is 3.04. The summed E-state index contributed by atoms with van der Waals surface area (Å²) in [6.45, 7) is 1.86. The Bertz CT molecular complexity index is 1360. The SMILES string of the molecule is Cc1cc(NC(=O)c2ccccc2N2C(=O)c3ccccc3C2=O)c2ccccc2n1. The van der Waals surface area contributed by atoms with Crippen LogP contribution >= 0.6 is 0 Å². The average molecular weight is 407 g/mol. The van der Waals surface area contributed by atoms with Gasteiger partial charge in [0.25, 0.3) is 17.7 Å². The molecule has 0 unspecified atom stereocenters. The minimum absolute atomic E-state index is 0.232. The van der Waals surface area contributed by atoms with Crippen LogP contribution in [0, 0.1) is 6.92 Å². The Labute approximate surface area is 178 Å². The third-order valence-corrected chi connectivity index (χ3v) is 5.28. The van der Waals surface area contributed by atoms with Gasteiger partial charge in [-0.1, -0.05) is 42.5 Å². The van der Waals surface area contributed by atoms with Crippen molar-refractivity contribution in [3.63, 3.8) is 0 Å². The number of pyridine rings is 1. The topological polar surface area (TPSA) is 79.4 Å². The molecule has 1 N–H and O–H groups in total. The van der Waals surface area contributed by atoms with Crippen molar-refractivity contribution in [1.82, 2.24) is 4.98 Å². The molecule has 0 aliphatic carbocycles. The van der Waals surface area contributed by atoms with Crippen LogP contribution in [0.25, 0.3) is 10.9 Å². The third kappa shape index (κ3) is 3.05. The van der Waals surface area contributed by atoms with E-state index in [1.807, 2.05) is 31.2 Å². The Morgan fingerprint density at radius 2 is 1.45 bits per heavy atom. The number of hydrogen-bond donors (Lipinski definition) is 1. The molecule has 2 heterocycles. The minimum atomic E-state index is -0.439. The first kappa shape index (κ1) is 18.7. The zero-order valence-corrected chi connectivity index (χ0v) is 16.6. The zero-order valence-electron chi connectivity index (χ0n) is 16.6. The third-order valence-electron chi connectivity index (χ3n) is 5.28. The maximum absolute atomic E-state index is 13.3. The Morgan fingerprint density at radius 1 is 0.839 bits per heavy atom. The quantitative estimate of drug-likeness (QED) is 0.504. The number of aryl methyl sites for hydroxylation is 1. The number of hydrogen-bond acceptors (Lipinski definition) is 4. The number of carbonyl (C=O) groups excluding carboxylic acids is 3. The highest BCUT2D eigenvalue weighted by atomic mass is 16.2. The van der Waals surface area contributed by atoms with Crippen LogP contribution in [0.15, 0.2) is 78.9 Å². The smallest absolute Gasteiger partial charge is 0.266 e. The molecule has 150 valence electrons. The molecule has 0 atom stereocenters. The molecule has 3 amide bonds. The Balaban J connectivity index is 1.55. The molecule has 5 rings (SSSR count). The first-order chi connectivity index (χ1) is 15.0. The Kier molecular flexibility index (Phi) is 4.33. The number of fused-ring (bicyclic) bond motifs is 2. The standard InChI is InChI=1S/C25H17N3O3/c1-15-14-21(18-10-4-6-12-20(18)26-15)27-23(29)19-11-5-7-13-22(19)28-24(30)16-8-2-3-9-17(16)25(28)31/h2-14H,1H3,(H,26,27,29). The van der Waals surface area contributed by atoms with Gasteiger partial charge in [0.15, 0.2) is 0 Å². The zero-order chi connectivity index (χ0) is 21.5. The van der Waals surface area contributed by atoms with Crippen molar-refractivity contribution in [3.8, 4) is 0 Å². The van der Waals surface area contributed by atoms with Crippen LogP contribution in [0.1, 0.15) is 36.8 Å². The summed E-state index contributed by atoms with van der Waals surface area (Å²) in [7, 11) is 0. The van der Waals surface area contributed by atoms with Crippen molar-refractivity contribution < 1.29 is 14.4 Å². The molecule has 0 bridgehead atoms. The van der Waals surface area contributed by atoms with Gasteiger partial charge < -0.3 is 5.32 Å². The van der Waals surface area contributed by atoms with Crippen LogP contribution in [0.4, 0.5) is 11.4 Å². The van der Waals surface area contributed by atoms with E-state index < -0.39 is 17.7 Å². The number of anilines is 2. The number of para-hydroxylation sites is 2. The predicted molar refractivity (Wildman–Crippen MR) is 118 cm³/mol. The summed E-state index contributed by atoms with van der Waals surface area (Å²) in [4.78, 5) is 44.7. The first-order valence-electron chi connectivity index (χ1n) is 9.79. The summed E-state index contributed by atoms with van der Waals surface area (Å²) >= 11 is 0. The lowest BCUT2D eigenvalue weighted by molar-refractivity contribution is 0.0926. The largest absolute Gasteiger partial charge is 0.321 e. The first-order valence-corrected chi connectivity index (χ1v) is 9.79. The van der Waals surface area contributed by atoms with Crippen LogP contribution in [0.2, 0.25) is 0 Å². The van der Waals surface area contributed by atoms with E-state index in [0.717, 1.165) is 21.5 Å². The molecule has 0 radical (unpaired) electrons. The number of nitrogens with one attached hydrogen (secondary N) is 1. The van der Waals surface area contributed by atoms with Gasteiger partial charge in [-0.05, 0) is 43.3 Å². The van der Waals surface area contributed by atoms with Crippen molar-refractivity contribution >= 4 is 40.0 Å². The summed E-state index contributed by atoms with van der Waals surface area (Å²) < 4.78 is 0. The van der Waals surface area contributed by atoms with Gasteiger partial charge in [0.05, 0.1) is 33.6 Å². The highest BCUT2D eigenvalue weighted by Gasteiger charge is 2.38. The monoisotopic (exact) mass is 407 g/mol. The molecule has 1 aliphatic heterocycles. The van der Waals surface area contributed by atoms with Gasteiger partial charge in [0.1, 0.15) is 0 Å². The number of aromatic nitrogens is 1. The fourth-order valence-corrected chi connectivity index (χ4v) is 3.87. The molecule has 1 aromatic heterocycles. The second-order valence-corrected chi connectivity index (χ2v) is 7.29. The highest BCUT2D eigenvalue weighted by Crippen LogP contribution is 2.31. The number of benzene rings is 3. The molecule has 0 saturated heterocycles. The van der Waals surface area contributed by atoms with E-state index >= 15 is 0 Å². The van der Waals surface area contributed by atoms with Crippen molar-refractivity contribution in [2.45, 2.75) is 6.92 Å². The minimum Gasteiger partial charge on any atom is -0.321 e. The lowest BCUT2D eigenvalue weighted by Gasteiger charge is -2.18. The molecular formula is C25H17N3O3. The van der Waals surface area contributed by atoms with E-state index in [4.69, 9.17) is 0 Å². The summed E-state index contributed by atoms with van der Waals surface area (Å²) in [6, 6.07) is 22.6. The number of amides is 3. The van der Waals surface area contributed by atoms with E-state index in [1.54, 1.807) is 54.6 Å². The van der Waals surface area contributed by atoms with Gasteiger partial charge in [-0.3, -0.25) is 19.4 Å². The van der Waals surface area contributed by atoms with E-state index in [0.29, 0.717) is 16.8 Å². The maximum Gasteiger partial charge on any atom is 0.266 e. The van der Waals surface area contributed by atoms with Crippen molar-refractivity contribution in [2.75, 3.05) is 10.2 Å². The van der Waals surface area contributed by atoms with Gasteiger partial charge in [-0.25, -0.2) is 4.90 Å². The second kappa shape index (κ2) is 7.18. The van der Waals surface area contributed by atoms with Gasteiger partial charge in [-0.15, -0.1) is 0 Å². The molecule has 0 spiro atoms. The molecule has 0 saturated carbocycles. The van der Waals surface area contributed by atoms with E-state index in [1.165, 1.54) is 0 Å². The van der Waals surface area contributed by atoms with Crippen LogP contribution in [-0.4, -0.2) is 22.7 Å². The summed E-state index contributed by atoms with van der Waals surface area (Å²) in [5.41, 5.74) is 3.30. The van der Waals surface area contributed by atoms with Crippen LogP contribution in [-0.2, 0) is 0 Å².